The molecule has 4 rings (SSSR count). The molecule has 0 aliphatic heterocycles. The van der Waals surface area contributed by atoms with E-state index in [1.54, 1.807) is 16.8 Å². The van der Waals surface area contributed by atoms with E-state index in [0.29, 0.717) is 23.1 Å². The summed E-state index contributed by atoms with van der Waals surface area (Å²) in [5.41, 5.74) is 4.87. The lowest BCUT2D eigenvalue weighted by Gasteiger charge is -2.08. The molecular weight excluding hydrogens is 390 g/mol. The first-order valence-corrected chi connectivity index (χ1v) is 9.19. The van der Waals surface area contributed by atoms with Crippen LogP contribution in [0.2, 0.25) is 5.02 Å². The summed E-state index contributed by atoms with van der Waals surface area (Å²) >= 11 is 6.17. The van der Waals surface area contributed by atoms with Gasteiger partial charge in [-0.1, -0.05) is 11.6 Å². The summed E-state index contributed by atoms with van der Waals surface area (Å²) in [6.07, 6.45) is 1.30. The molecule has 0 bridgehead atoms. The lowest BCUT2D eigenvalue weighted by Crippen LogP contribution is -2.01. The van der Waals surface area contributed by atoms with Gasteiger partial charge in [0.25, 0.3) is 0 Å². The molecule has 29 heavy (non-hydrogen) atoms. The third kappa shape index (κ3) is 3.71. The van der Waals surface area contributed by atoms with Gasteiger partial charge in [-0.3, -0.25) is 0 Å². The molecule has 7 nitrogen and oxygen atoms in total. The largest absolute Gasteiger partial charge is 0.489 e. The predicted molar refractivity (Wildman–Crippen MR) is 107 cm³/mol. The van der Waals surface area contributed by atoms with Gasteiger partial charge in [-0.15, -0.1) is 10.2 Å². The molecular formula is C21H16ClN5O2. The van der Waals surface area contributed by atoms with E-state index in [1.165, 1.54) is 6.39 Å². The van der Waals surface area contributed by atoms with Crippen molar-refractivity contribution in [2.75, 3.05) is 0 Å². The number of aryl methyl sites for hydroxylation is 1. The predicted octanol–water partition coefficient (Wildman–Crippen LogP) is 4.64. The summed E-state index contributed by atoms with van der Waals surface area (Å²) in [6, 6.07) is 14.8. The first-order chi connectivity index (χ1) is 14.1. The van der Waals surface area contributed by atoms with Crippen LogP contribution in [0.25, 0.3) is 17.1 Å². The number of nitriles is 1. The highest BCUT2D eigenvalue weighted by Gasteiger charge is 2.15. The minimum Gasteiger partial charge on any atom is -0.489 e. The van der Waals surface area contributed by atoms with Crippen LogP contribution in [0.15, 0.2) is 53.3 Å². The first-order valence-electron chi connectivity index (χ1n) is 8.81. The number of hydrogen-bond acceptors (Lipinski definition) is 6. The van der Waals surface area contributed by atoms with Gasteiger partial charge in [-0.25, -0.2) is 4.68 Å². The van der Waals surface area contributed by atoms with Crippen LogP contribution in [0.4, 0.5) is 0 Å². The van der Waals surface area contributed by atoms with Gasteiger partial charge in [-0.2, -0.15) is 10.4 Å². The zero-order valence-electron chi connectivity index (χ0n) is 15.8. The molecule has 0 aliphatic carbocycles. The molecule has 0 aliphatic rings. The van der Waals surface area contributed by atoms with Gasteiger partial charge in [0.15, 0.2) is 0 Å². The van der Waals surface area contributed by atoms with E-state index in [1.807, 2.05) is 44.2 Å². The quantitative estimate of drug-likeness (QED) is 0.480. The number of ether oxygens (including phenoxy) is 1. The van der Waals surface area contributed by atoms with Crippen molar-refractivity contribution in [3.63, 3.8) is 0 Å². The second-order valence-corrected chi connectivity index (χ2v) is 6.80. The average Bonchev–Trinajstić information content (AvgIpc) is 3.36. The number of halogens is 1. The summed E-state index contributed by atoms with van der Waals surface area (Å²) in [4.78, 5) is 0. The molecule has 0 saturated heterocycles. The maximum Gasteiger partial charge on any atom is 0.247 e. The number of aromatic nitrogens is 4. The normalized spacial score (nSPS) is 10.7. The fourth-order valence-corrected chi connectivity index (χ4v) is 3.23. The molecule has 0 unspecified atom stereocenters. The minimum atomic E-state index is 0.377. The standard InChI is InChI=1S/C21H16ClN5O2/c1-13-19(11-28-18-7-4-15(5-8-18)21-25-24-12-29-21)14(2)27(26-13)17-6-3-16(10-23)20(22)9-17/h3-9,12H,11H2,1-2H3. The number of hydrogen-bond donors (Lipinski definition) is 0. The molecule has 0 saturated carbocycles. The minimum absolute atomic E-state index is 0.377. The molecule has 2 aromatic heterocycles. The summed E-state index contributed by atoms with van der Waals surface area (Å²) in [5.74, 6) is 1.19. The SMILES string of the molecule is Cc1nn(-c2ccc(C#N)c(Cl)c2)c(C)c1COc1ccc(-c2nnco2)cc1. The Labute approximate surface area is 172 Å². The Balaban J connectivity index is 1.53. The van der Waals surface area contributed by atoms with Crippen LogP contribution in [0.3, 0.4) is 0 Å². The fraction of sp³-hybridized carbons (Fsp3) is 0.143. The monoisotopic (exact) mass is 405 g/mol. The molecule has 0 radical (unpaired) electrons. The van der Waals surface area contributed by atoms with Crippen molar-refractivity contribution in [1.82, 2.24) is 20.0 Å². The summed E-state index contributed by atoms with van der Waals surface area (Å²) < 4.78 is 12.9. The van der Waals surface area contributed by atoms with Crippen molar-refractivity contribution in [2.45, 2.75) is 20.5 Å². The zero-order chi connectivity index (χ0) is 20.4. The Morgan fingerprint density at radius 1 is 1.17 bits per heavy atom. The van der Waals surface area contributed by atoms with E-state index in [2.05, 4.69) is 21.4 Å². The van der Waals surface area contributed by atoms with Gasteiger partial charge in [0.1, 0.15) is 18.4 Å². The van der Waals surface area contributed by atoms with Crippen molar-refractivity contribution in [1.29, 1.82) is 5.26 Å². The van der Waals surface area contributed by atoms with E-state index in [9.17, 15) is 0 Å². The van der Waals surface area contributed by atoms with Crippen LogP contribution in [-0.4, -0.2) is 20.0 Å². The lowest BCUT2D eigenvalue weighted by atomic mass is 10.2. The maximum atomic E-state index is 9.05. The smallest absolute Gasteiger partial charge is 0.247 e. The maximum absolute atomic E-state index is 9.05. The Hall–Kier alpha value is -3.63. The average molecular weight is 406 g/mol. The van der Waals surface area contributed by atoms with Gasteiger partial charge >= 0.3 is 0 Å². The Bertz CT molecular complexity index is 1190. The topological polar surface area (TPSA) is 89.8 Å². The molecule has 0 fully saturated rings. The molecule has 2 heterocycles. The van der Waals surface area contributed by atoms with Crippen LogP contribution < -0.4 is 4.74 Å². The molecule has 0 N–H and O–H groups in total. The van der Waals surface area contributed by atoms with Gasteiger partial charge < -0.3 is 9.15 Å². The van der Waals surface area contributed by atoms with E-state index in [-0.39, 0.29) is 0 Å². The Morgan fingerprint density at radius 3 is 2.62 bits per heavy atom. The van der Waals surface area contributed by atoms with Gasteiger partial charge in [-0.05, 0) is 56.3 Å². The summed E-state index contributed by atoms with van der Waals surface area (Å²) in [7, 11) is 0. The zero-order valence-corrected chi connectivity index (χ0v) is 16.5. The summed E-state index contributed by atoms with van der Waals surface area (Å²) in [6.45, 7) is 4.29. The lowest BCUT2D eigenvalue weighted by molar-refractivity contribution is 0.304. The van der Waals surface area contributed by atoms with Crippen LogP contribution >= 0.6 is 11.6 Å². The Kier molecular flexibility index (Phi) is 5.02. The molecule has 2 aromatic carbocycles. The van der Waals surface area contributed by atoms with Crippen molar-refractivity contribution in [3.8, 4) is 29.0 Å². The second kappa shape index (κ2) is 7.78. The third-order valence-electron chi connectivity index (χ3n) is 4.60. The van der Waals surface area contributed by atoms with Gasteiger partial charge in [0.05, 0.1) is 22.0 Å². The van der Waals surface area contributed by atoms with Crippen molar-refractivity contribution < 1.29 is 9.15 Å². The van der Waals surface area contributed by atoms with Crippen molar-refractivity contribution in [2.24, 2.45) is 0 Å². The molecule has 8 heteroatoms. The molecule has 0 atom stereocenters. The van der Waals surface area contributed by atoms with Crippen molar-refractivity contribution >= 4 is 11.6 Å². The van der Waals surface area contributed by atoms with E-state index in [0.717, 1.165) is 34.0 Å². The number of rotatable bonds is 5. The number of benzene rings is 2. The highest BCUT2D eigenvalue weighted by molar-refractivity contribution is 6.31. The second-order valence-electron chi connectivity index (χ2n) is 6.39. The van der Waals surface area contributed by atoms with Crippen molar-refractivity contribution in [3.05, 3.63) is 76.4 Å². The summed E-state index contributed by atoms with van der Waals surface area (Å²) in [5, 5.41) is 21.6. The Morgan fingerprint density at radius 2 is 1.97 bits per heavy atom. The van der Waals surface area contributed by atoms with Crippen LogP contribution in [0, 0.1) is 25.2 Å². The third-order valence-corrected chi connectivity index (χ3v) is 4.92. The number of nitrogens with zero attached hydrogens (tertiary/aromatic N) is 5. The molecule has 0 amide bonds. The van der Waals surface area contributed by atoms with Gasteiger partial charge in [0, 0.05) is 16.8 Å². The van der Waals surface area contributed by atoms with E-state index in [4.69, 9.17) is 26.0 Å². The fourth-order valence-electron chi connectivity index (χ4n) is 3.01. The molecule has 0 spiro atoms. The van der Waals surface area contributed by atoms with Gasteiger partial charge in [0.2, 0.25) is 12.3 Å². The highest BCUT2D eigenvalue weighted by atomic mass is 35.5. The highest BCUT2D eigenvalue weighted by Crippen LogP contribution is 2.25. The first kappa shape index (κ1) is 18.7. The van der Waals surface area contributed by atoms with E-state index >= 15 is 0 Å². The molecule has 144 valence electrons. The molecule has 4 aromatic rings. The van der Waals surface area contributed by atoms with Crippen LogP contribution in [0.1, 0.15) is 22.5 Å². The van der Waals surface area contributed by atoms with E-state index < -0.39 is 0 Å². The van der Waals surface area contributed by atoms with Crippen LogP contribution in [0.5, 0.6) is 5.75 Å². The van der Waals surface area contributed by atoms with Crippen LogP contribution in [-0.2, 0) is 6.61 Å².